The van der Waals surface area contributed by atoms with Crippen molar-refractivity contribution in [3.05, 3.63) is 117 Å². The van der Waals surface area contributed by atoms with Gasteiger partial charge >= 0.3 is 5.97 Å². The van der Waals surface area contributed by atoms with E-state index < -0.39 is 17.8 Å². The van der Waals surface area contributed by atoms with E-state index in [-0.39, 0.29) is 33.6 Å². The molecule has 4 rings (SSSR count). The van der Waals surface area contributed by atoms with Crippen molar-refractivity contribution in [2.24, 2.45) is 0 Å². The molecule has 0 aliphatic rings. The number of benzene rings is 3. The molecule has 11 heteroatoms. The predicted molar refractivity (Wildman–Crippen MR) is 159 cm³/mol. The molecule has 202 valence electrons. The smallest absolute Gasteiger partial charge is 0.335 e. The average molecular weight is 592 g/mol. The molecule has 0 aliphatic heterocycles. The molecule has 8 nitrogen and oxygen atoms in total. The van der Waals surface area contributed by atoms with E-state index in [1.165, 1.54) is 41.3 Å². The molecular formula is C29H22ClN3O5S2. The van der Waals surface area contributed by atoms with Gasteiger partial charge in [0.2, 0.25) is 5.91 Å². The van der Waals surface area contributed by atoms with E-state index >= 15 is 0 Å². The summed E-state index contributed by atoms with van der Waals surface area (Å²) >= 11 is 8.80. The van der Waals surface area contributed by atoms with Crippen molar-refractivity contribution in [1.82, 2.24) is 5.32 Å². The molecule has 3 amide bonds. The van der Waals surface area contributed by atoms with Gasteiger partial charge in [-0.3, -0.25) is 14.4 Å². The second-order valence-corrected chi connectivity index (χ2v) is 10.5. The van der Waals surface area contributed by atoms with E-state index in [2.05, 4.69) is 16.0 Å². The molecule has 0 fully saturated rings. The summed E-state index contributed by atoms with van der Waals surface area (Å²) in [4.78, 5) is 50.1. The molecule has 0 saturated heterocycles. The Morgan fingerprint density at radius 3 is 2.33 bits per heavy atom. The topological polar surface area (TPSA) is 125 Å². The Morgan fingerprint density at radius 2 is 1.65 bits per heavy atom. The van der Waals surface area contributed by atoms with Gasteiger partial charge in [0, 0.05) is 16.1 Å². The molecule has 0 spiro atoms. The van der Waals surface area contributed by atoms with Crippen molar-refractivity contribution >= 4 is 75.8 Å². The van der Waals surface area contributed by atoms with E-state index in [9.17, 15) is 19.2 Å². The third-order valence-electron chi connectivity index (χ3n) is 5.35. The molecule has 0 bridgehead atoms. The number of carboxylic acid groups (broad SMARTS) is 1. The standard InChI is InChI=1S/C29H22ClN3O5S2/c30-23-11-6-20(29(37)38)15-24(23)32-26(34)17-40-22-9-7-21(8-10-22)31-28(36)25(14-18-12-13-39-16-18)33-27(35)19-4-2-1-3-5-19/h1-16H,17H2,(H,31,36)(H,32,34)(H,33,35)(H,37,38)/b25-14-. The van der Waals surface area contributed by atoms with Crippen molar-refractivity contribution < 1.29 is 24.3 Å². The molecule has 0 atom stereocenters. The van der Waals surface area contributed by atoms with Gasteiger partial charge in [-0.05, 0) is 83.1 Å². The Labute approximate surface area is 243 Å². The van der Waals surface area contributed by atoms with Gasteiger partial charge < -0.3 is 21.1 Å². The summed E-state index contributed by atoms with van der Waals surface area (Å²) in [6.45, 7) is 0. The molecular weight excluding hydrogens is 570 g/mol. The lowest BCUT2D eigenvalue weighted by atomic mass is 10.2. The third kappa shape index (κ3) is 8.06. The highest BCUT2D eigenvalue weighted by Crippen LogP contribution is 2.25. The number of nitrogens with one attached hydrogen (secondary N) is 3. The third-order valence-corrected chi connectivity index (χ3v) is 7.40. The van der Waals surface area contributed by atoms with Crippen LogP contribution in [0.1, 0.15) is 26.3 Å². The van der Waals surface area contributed by atoms with Crippen molar-refractivity contribution in [3.63, 3.8) is 0 Å². The summed E-state index contributed by atoms with van der Waals surface area (Å²) in [5.74, 6) is -2.32. The molecule has 4 N–H and O–H groups in total. The Hall–Kier alpha value is -4.38. The fraction of sp³-hybridized carbons (Fsp3) is 0.0345. The number of halogens is 1. The molecule has 0 aliphatic carbocycles. The Balaban J connectivity index is 1.36. The van der Waals surface area contributed by atoms with Crippen molar-refractivity contribution in [1.29, 1.82) is 0 Å². The monoisotopic (exact) mass is 591 g/mol. The summed E-state index contributed by atoms with van der Waals surface area (Å²) in [6.07, 6.45) is 1.61. The number of aromatic carboxylic acids is 1. The maximum Gasteiger partial charge on any atom is 0.335 e. The van der Waals surface area contributed by atoms with Gasteiger partial charge in [-0.15, -0.1) is 11.8 Å². The second kappa shape index (κ2) is 13.6. The number of anilines is 2. The van der Waals surface area contributed by atoms with E-state index in [1.807, 2.05) is 16.8 Å². The lowest BCUT2D eigenvalue weighted by molar-refractivity contribution is -0.114. The van der Waals surface area contributed by atoms with Crippen LogP contribution in [-0.2, 0) is 9.59 Å². The molecule has 3 aromatic carbocycles. The van der Waals surface area contributed by atoms with Crippen LogP contribution in [0, 0.1) is 0 Å². The zero-order valence-electron chi connectivity index (χ0n) is 20.7. The van der Waals surface area contributed by atoms with Gasteiger partial charge in [-0.25, -0.2) is 4.79 Å². The highest BCUT2D eigenvalue weighted by molar-refractivity contribution is 8.00. The lowest BCUT2D eigenvalue weighted by Gasteiger charge is -2.12. The number of carboxylic acids is 1. The second-order valence-electron chi connectivity index (χ2n) is 8.25. The van der Waals surface area contributed by atoms with E-state index in [0.29, 0.717) is 11.3 Å². The SMILES string of the molecule is O=C(CSc1ccc(NC(=O)/C(=C/c2ccsc2)NC(=O)c2ccccc2)cc1)Nc1cc(C(=O)O)ccc1Cl. The van der Waals surface area contributed by atoms with Gasteiger partial charge in [0.15, 0.2) is 0 Å². The first kappa shape index (κ1) is 28.6. The molecule has 0 radical (unpaired) electrons. The molecule has 0 saturated carbocycles. The van der Waals surface area contributed by atoms with Crippen LogP contribution in [0.3, 0.4) is 0 Å². The fourth-order valence-corrected chi connectivity index (χ4v) is 4.87. The molecule has 1 aromatic heterocycles. The van der Waals surface area contributed by atoms with Crippen LogP contribution in [-0.4, -0.2) is 34.6 Å². The largest absolute Gasteiger partial charge is 0.478 e. The van der Waals surface area contributed by atoms with Crippen LogP contribution in [0.5, 0.6) is 0 Å². The van der Waals surface area contributed by atoms with Gasteiger partial charge in [0.05, 0.1) is 22.0 Å². The minimum absolute atomic E-state index is 0.0120. The maximum absolute atomic E-state index is 13.1. The molecule has 40 heavy (non-hydrogen) atoms. The van der Waals surface area contributed by atoms with Crippen LogP contribution in [0.25, 0.3) is 6.08 Å². The van der Waals surface area contributed by atoms with Gasteiger partial charge in [0.25, 0.3) is 11.8 Å². The van der Waals surface area contributed by atoms with Crippen LogP contribution < -0.4 is 16.0 Å². The molecule has 0 unspecified atom stereocenters. The lowest BCUT2D eigenvalue weighted by Crippen LogP contribution is -2.30. The summed E-state index contributed by atoms with van der Waals surface area (Å²) in [7, 11) is 0. The van der Waals surface area contributed by atoms with Crippen molar-refractivity contribution in [2.75, 3.05) is 16.4 Å². The maximum atomic E-state index is 13.1. The van der Waals surface area contributed by atoms with Crippen LogP contribution in [0.2, 0.25) is 5.02 Å². The van der Waals surface area contributed by atoms with Crippen LogP contribution >= 0.6 is 34.7 Å². The predicted octanol–water partition coefficient (Wildman–Crippen LogP) is 6.24. The van der Waals surface area contributed by atoms with Crippen molar-refractivity contribution in [2.45, 2.75) is 4.90 Å². The number of thioether (sulfide) groups is 1. The zero-order valence-corrected chi connectivity index (χ0v) is 23.1. The van der Waals surface area contributed by atoms with Gasteiger partial charge in [-0.2, -0.15) is 11.3 Å². The highest BCUT2D eigenvalue weighted by atomic mass is 35.5. The van der Waals surface area contributed by atoms with Gasteiger partial charge in [0.1, 0.15) is 5.70 Å². The number of hydrogen-bond donors (Lipinski definition) is 4. The van der Waals surface area contributed by atoms with E-state index in [0.717, 1.165) is 10.5 Å². The number of thiophene rings is 1. The molecule has 1 heterocycles. The minimum atomic E-state index is -1.12. The summed E-state index contributed by atoms with van der Waals surface area (Å²) in [6, 6.07) is 21.4. The summed E-state index contributed by atoms with van der Waals surface area (Å²) in [5, 5.41) is 21.2. The number of rotatable bonds is 10. The highest BCUT2D eigenvalue weighted by Gasteiger charge is 2.16. The van der Waals surface area contributed by atoms with Crippen molar-refractivity contribution in [3.8, 4) is 0 Å². The number of amides is 3. The first-order valence-electron chi connectivity index (χ1n) is 11.8. The zero-order chi connectivity index (χ0) is 28.5. The van der Waals surface area contributed by atoms with E-state index in [4.69, 9.17) is 16.7 Å². The Kier molecular flexibility index (Phi) is 9.74. The Morgan fingerprint density at radius 1 is 0.900 bits per heavy atom. The first-order chi connectivity index (χ1) is 19.3. The summed E-state index contributed by atoms with van der Waals surface area (Å²) < 4.78 is 0. The average Bonchev–Trinajstić information content (AvgIpc) is 3.47. The summed E-state index contributed by atoms with van der Waals surface area (Å²) in [5.41, 5.74) is 2.03. The quantitative estimate of drug-likeness (QED) is 0.128. The van der Waals surface area contributed by atoms with Crippen LogP contribution in [0.15, 0.2) is 100 Å². The molecule has 4 aromatic rings. The minimum Gasteiger partial charge on any atom is -0.478 e. The Bertz CT molecular complexity index is 1560. The number of carbonyl (C=O) groups is 4. The van der Waals surface area contributed by atoms with Gasteiger partial charge in [-0.1, -0.05) is 29.8 Å². The first-order valence-corrected chi connectivity index (χ1v) is 14.1. The fourth-order valence-electron chi connectivity index (χ4n) is 3.39. The number of hydrogen-bond acceptors (Lipinski definition) is 6. The van der Waals surface area contributed by atoms with E-state index in [1.54, 1.807) is 60.7 Å². The normalized spacial score (nSPS) is 11.0. The number of carbonyl (C=O) groups excluding carboxylic acids is 3. The van der Waals surface area contributed by atoms with Crippen LogP contribution in [0.4, 0.5) is 11.4 Å².